The number of hydrogen-bond acceptors (Lipinski definition) is 3. The first-order valence-corrected chi connectivity index (χ1v) is 8.01. The van der Waals surface area contributed by atoms with Crippen molar-refractivity contribution < 1.29 is 9.53 Å². The van der Waals surface area contributed by atoms with E-state index in [1.807, 2.05) is 24.3 Å². The second-order valence-corrected chi connectivity index (χ2v) is 5.69. The highest BCUT2D eigenvalue weighted by atomic mass is 16.5. The first-order chi connectivity index (χ1) is 10.2. The summed E-state index contributed by atoms with van der Waals surface area (Å²) in [6.45, 7) is 4.46. The van der Waals surface area contributed by atoms with Crippen molar-refractivity contribution >= 4 is 17.5 Å². The molecule has 0 atom stereocenters. The van der Waals surface area contributed by atoms with Crippen LogP contribution in [0.4, 0.5) is 16.2 Å². The summed E-state index contributed by atoms with van der Waals surface area (Å²) in [7, 11) is 0. The Balaban J connectivity index is 1.81. The predicted molar refractivity (Wildman–Crippen MR) is 86.7 cm³/mol. The molecule has 0 aliphatic heterocycles. The molecule has 4 nitrogen and oxygen atoms in total. The van der Waals surface area contributed by atoms with Crippen LogP contribution >= 0.6 is 0 Å². The number of hydrogen-bond donors (Lipinski definition) is 2. The smallest absolute Gasteiger partial charge is 0.411 e. The van der Waals surface area contributed by atoms with Gasteiger partial charge in [0.15, 0.2) is 0 Å². The van der Waals surface area contributed by atoms with Gasteiger partial charge in [-0.25, -0.2) is 4.79 Å². The molecule has 2 rings (SSSR count). The van der Waals surface area contributed by atoms with Crippen LogP contribution < -0.4 is 10.6 Å². The summed E-state index contributed by atoms with van der Waals surface area (Å²) in [5, 5.41) is 6.29. The first-order valence-electron chi connectivity index (χ1n) is 8.01. The molecule has 0 radical (unpaired) electrons. The van der Waals surface area contributed by atoms with Gasteiger partial charge in [0.25, 0.3) is 0 Å². The topological polar surface area (TPSA) is 50.4 Å². The Morgan fingerprint density at radius 3 is 2.29 bits per heavy atom. The van der Waals surface area contributed by atoms with Crippen LogP contribution in [-0.2, 0) is 4.74 Å². The van der Waals surface area contributed by atoms with E-state index in [1.165, 1.54) is 32.1 Å². The van der Waals surface area contributed by atoms with Crippen LogP contribution in [0.25, 0.3) is 0 Å². The van der Waals surface area contributed by atoms with Gasteiger partial charge in [-0.1, -0.05) is 13.3 Å². The van der Waals surface area contributed by atoms with E-state index in [4.69, 9.17) is 4.74 Å². The van der Waals surface area contributed by atoms with Crippen molar-refractivity contribution in [1.82, 2.24) is 0 Å². The van der Waals surface area contributed by atoms with Gasteiger partial charge in [-0.15, -0.1) is 0 Å². The quantitative estimate of drug-likeness (QED) is 0.831. The van der Waals surface area contributed by atoms with Gasteiger partial charge >= 0.3 is 6.09 Å². The molecule has 1 aliphatic carbocycles. The summed E-state index contributed by atoms with van der Waals surface area (Å²) < 4.78 is 4.85. The largest absolute Gasteiger partial charge is 0.450 e. The molecule has 0 heterocycles. The number of carbonyl (C=O) groups is 1. The molecule has 21 heavy (non-hydrogen) atoms. The Morgan fingerprint density at radius 1 is 1.10 bits per heavy atom. The fraction of sp³-hybridized carbons (Fsp3) is 0.588. The fourth-order valence-electron chi connectivity index (χ4n) is 2.89. The molecule has 4 heteroatoms. The molecular weight excluding hydrogens is 264 g/mol. The summed E-state index contributed by atoms with van der Waals surface area (Å²) in [6, 6.07) is 8.39. The van der Waals surface area contributed by atoms with Crippen LogP contribution in [0.3, 0.4) is 0 Å². The minimum absolute atomic E-state index is 0.381. The molecular formula is C17H26N2O2. The van der Waals surface area contributed by atoms with Crippen molar-refractivity contribution in [2.75, 3.05) is 17.2 Å². The predicted octanol–water partition coefficient (Wildman–Crippen LogP) is 4.64. The van der Waals surface area contributed by atoms with E-state index >= 15 is 0 Å². The molecule has 1 aromatic rings. The van der Waals surface area contributed by atoms with Crippen molar-refractivity contribution in [1.29, 1.82) is 0 Å². The lowest BCUT2D eigenvalue weighted by atomic mass is 9.84. The normalized spacial score (nSPS) is 21.6. The van der Waals surface area contributed by atoms with Crippen molar-refractivity contribution in [3.8, 4) is 0 Å². The molecule has 1 saturated carbocycles. The summed E-state index contributed by atoms with van der Waals surface area (Å²) in [5.41, 5.74) is 1.87. The Morgan fingerprint density at radius 2 is 1.71 bits per heavy atom. The molecule has 116 valence electrons. The van der Waals surface area contributed by atoms with Crippen LogP contribution in [0, 0.1) is 5.92 Å². The number of carbonyl (C=O) groups excluding carboxylic acids is 1. The Bertz CT molecular complexity index is 437. The van der Waals surface area contributed by atoms with Gasteiger partial charge in [-0.05, 0) is 62.8 Å². The van der Waals surface area contributed by atoms with Gasteiger partial charge < -0.3 is 10.1 Å². The summed E-state index contributed by atoms with van der Waals surface area (Å²) >= 11 is 0. The minimum atomic E-state index is -0.406. The summed E-state index contributed by atoms with van der Waals surface area (Å²) in [4.78, 5) is 11.3. The second-order valence-electron chi connectivity index (χ2n) is 5.69. The number of ether oxygens (including phenoxy) is 1. The Kier molecular flexibility index (Phi) is 5.90. The van der Waals surface area contributed by atoms with E-state index in [0.29, 0.717) is 12.6 Å². The maximum atomic E-state index is 11.3. The van der Waals surface area contributed by atoms with E-state index in [1.54, 1.807) is 6.92 Å². The van der Waals surface area contributed by atoms with Crippen LogP contribution in [0.15, 0.2) is 24.3 Å². The minimum Gasteiger partial charge on any atom is -0.450 e. The highest BCUT2D eigenvalue weighted by Crippen LogP contribution is 2.28. The third-order valence-corrected chi connectivity index (χ3v) is 4.20. The molecule has 1 amide bonds. The van der Waals surface area contributed by atoms with Gasteiger partial charge in [-0.2, -0.15) is 0 Å². The third-order valence-electron chi connectivity index (χ3n) is 4.20. The second kappa shape index (κ2) is 7.91. The van der Waals surface area contributed by atoms with Crippen LogP contribution in [0.1, 0.15) is 46.0 Å². The number of anilines is 2. The summed E-state index contributed by atoms with van der Waals surface area (Å²) in [6.07, 6.45) is 6.06. The van der Waals surface area contributed by atoms with Gasteiger partial charge in [0, 0.05) is 17.4 Å². The molecule has 0 aromatic heterocycles. The van der Waals surface area contributed by atoms with Crippen LogP contribution in [-0.4, -0.2) is 18.7 Å². The lowest BCUT2D eigenvalue weighted by Gasteiger charge is -2.29. The van der Waals surface area contributed by atoms with Gasteiger partial charge in [0.2, 0.25) is 0 Å². The van der Waals surface area contributed by atoms with E-state index < -0.39 is 6.09 Å². The lowest BCUT2D eigenvalue weighted by molar-refractivity contribution is 0.168. The number of rotatable bonds is 5. The monoisotopic (exact) mass is 290 g/mol. The highest BCUT2D eigenvalue weighted by Gasteiger charge is 2.19. The number of nitrogens with one attached hydrogen (secondary N) is 2. The van der Waals surface area contributed by atoms with Crippen LogP contribution in [0.2, 0.25) is 0 Å². The van der Waals surface area contributed by atoms with Crippen molar-refractivity contribution in [2.24, 2.45) is 5.92 Å². The zero-order valence-electron chi connectivity index (χ0n) is 13.0. The molecule has 1 aromatic carbocycles. The average Bonchev–Trinajstić information content (AvgIpc) is 2.50. The highest BCUT2D eigenvalue weighted by molar-refractivity contribution is 5.84. The van der Waals surface area contributed by atoms with Crippen LogP contribution in [0.5, 0.6) is 0 Å². The van der Waals surface area contributed by atoms with Gasteiger partial charge in [0.1, 0.15) is 0 Å². The standard InChI is InChI=1S/C17H26N2O2/c1-3-13-5-7-14(8-6-13)18-15-9-11-16(12-10-15)19-17(20)21-4-2/h9-14,18H,3-8H2,1-2H3,(H,19,20). The molecule has 0 bridgehead atoms. The van der Waals surface area contributed by atoms with Crippen molar-refractivity contribution in [2.45, 2.75) is 52.0 Å². The van der Waals surface area contributed by atoms with Crippen molar-refractivity contribution in [3.63, 3.8) is 0 Å². The third kappa shape index (κ3) is 4.96. The van der Waals surface area contributed by atoms with Gasteiger partial charge in [-0.3, -0.25) is 5.32 Å². The first kappa shape index (κ1) is 15.7. The van der Waals surface area contributed by atoms with Gasteiger partial charge in [0.05, 0.1) is 6.61 Å². The van der Waals surface area contributed by atoms with Crippen molar-refractivity contribution in [3.05, 3.63) is 24.3 Å². The number of amides is 1. The molecule has 0 saturated heterocycles. The number of benzene rings is 1. The lowest BCUT2D eigenvalue weighted by Crippen LogP contribution is -2.25. The molecule has 0 unspecified atom stereocenters. The molecule has 1 aliphatic rings. The van der Waals surface area contributed by atoms with E-state index in [0.717, 1.165) is 17.3 Å². The Hall–Kier alpha value is -1.71. The molecule has 1 fully saturated rings. The van der Waals surface area contributed by atoms with E-state index in [-0.39, 0.29) is 0 Å². The zero-order chi connectivity index (χ0) is 15.1. The summed E-state index contributed by atoms with van der Waals surface area (Å²) in [5.74, 6) is 0.916. The fourth-order valence-corrected chi connectivity index (χ4v) is 2.89. The molecule has 2 N–H and O–H groups in total. The Labute approximate surface area is 127 Å². The SMILES string of the molecule is CCOC(=O)Nc1ccc(NC2CCC(CC)CC2)cc1. The molecule has 0 spiro atoms. The maximum absolute atomic E-state index is 11.3. The average molecular weight is 290 g/mol. The van der Waals surface area contributed by atoms with E-state index in [2.05, 4.69) is 17.6 Å². The maximum Gasteiger partial charge on any atom is 0.411 e. The zero-order valence-corrected chi connectivity index (χ0v) is 13.0. The van der Waals surface area contributed by atoms with E-state index in [9.17, 15) is 4.79 Å².